The lowest BCUT2D eigenvalue weighted by atomic mass is 10.1. The molecule has 1 unspecified atom stereocenters. The third kappa shape index (κ3) is 3.90. The van der Waals surface area contributed by atoms with E-state index in [-0.39, 0.29) is 24.2 Å². The quantitative estimate of drug-likeness (QED) is 0.796. The molecule has 0 N–H and O–H groups in total. The van der Waals surface area contributed by atoms with Gasteiger partial charge >= 0.3 is 0 Å². The van der Waals surface area contributed by atoms with E-state index in [1.54, 1.807) is 19.2 Å². The van der Waals surface area contributed by atoms with Gasteiger partial charge in [0.25, 0.3) is 0 Å². The van der Waals surface area contributed by atoms with Crippen molar-refractivity contribution in [1.82, 2.24) is 4.90 Å². The SMILES string of the molecule is COc1ccccc1N1CCN(C(=O)C2CC(=O)N(c3cccc(F)c3)C2)CC1. The predicted octanol–water partition coefficient (Wildman–Crippen LogP) is 2.54. The molecular weight excluding hydrogens is 373 g/mol. The number of nitrogens with zero attached hydrogens (tertiary/aromatic N) is 3. The summed E-state index contributed by atoms with van der Waals surface area (Å²) < 4.78 is 18.9. The number of methoxy groups -OCH3 is 1. The van der Waals surface area contributed by atoms with E-state index in [2.05, 4.69) is 4.90 Å². The number of ether oxygens (including phenoxy) is 1. The predicted molar refractivity (Wildman–Crippen MR) is 109 cm³/mol. The van der Waals surface area contributed by atoms with Crippen LogP contribution in [0, 0.1) is 11.7 Å². The van der Waals surface area contributed by atoms with Crippen LogP contribution in [0.3, 0.4) is 0 Å². The molecule has 2 aromatic carbocycles. The number of benzene rings is 2. The Morgan fingerprint density at radius 2 is 1.83 bits per heavy atom. The fraction of sp³-hybridized carbons (Fsp3) is 0.364. The molecule has 2 fully saturated rings. The van der Waals surface area contributed by atoms with Crippen molar-refractivity contribution < 1.29 is 18.7 Å². The molecule has 0 radical (unpaired) electrons. The van der Waals surface area contributed by atoms with E-state index < -0.39 is 5.82 Å². The van der Waals surface area contributed by atoms with E-state index in [1.807, 2.05) is 29.2 Å². The minimum absolute atomic E-state index is 0.00284. The van der Waals surface area contributed by atoms with Gasteiger partial charge in [-0.05, 0) is 30.3 Å². The van der Waals surface area contributed by atoms with Crippen molar-refractivity contribution in [3.63, 3.8) is 0 Å². The number of hydrogen-bond acceptors (Lipinski definition) is 4. The van der Waals surface area contributed by atoms with Crippen LogP contribution >= 0.6 is 0 Å². The van der Waals surface area contributed by atoms with E-state index in [4.69, 9.17) is 4.74 Å². The highest BCUT2D eigenvalue weighted by atomic mass is 19.1. The summed E-state index contributed by atoms with van der Waals surface area (Å²) in [5.74, 6) is -0.0981. The zero-order valence-electron chi connectivity index (χ0n) is 16.4. The van der Waals surface area contributed by atoms with E-state index in [0.717, 1.165) is 11.4 Å². The first kappa shape index (κ1) is 19.2. The van der Waals surface area contributed by atoms with Gasteiger partial charge in [-0.15, -0.1) is 0 Å². The number of halogens is 1. The molecule has 29 heavy (non-hydrogen) atoms. The number of carbonyl (C=O) groups is 2. The lowest BCUT2D eigenvalue weighted by Crippen LogP contribution is -2.50. The summed E-state index contributed by atoms with van der Waals surface area (Å²) in [6.45, 7) is 2.91. The van der Waals surface area contributed by atoms with Gasteiger partial charge in [-0.3, -0.25) is 9.59 Å². The van der Waals surface area contributed by atoms with Crippen molar-refractivity contribution in [3.05, 3.63) is 54.3 Å². The number of para-hydroxylation sites is 2. The van der Waals surface area contributed by atoms with Gasteiger partial charge in [0, 0.05) is 44.8 Å². The molecule has 0 aliphatic carbocycles. The van der Waals surface area contributed by atoms with Crippen molar-refractivity contribution in [2.24, 2.45) is 5.92 Å². The summed E-state index contributed by atoms with van der Waals surface area (Å²) in [4.78, 5) is 30.9. The van der Waals surface area contributed by atoms with Crippen LogP contribution in [0.25, 0.3) is 0 Å². The fourth-order valence-corrected chi connectivity index (χ4v) is 4.08. The zero-order valence-corrected chi connectivity index (χ0v) is 16.4. The number of anilines is 2. The van der Waals surface area contributed by atoms with Gasteiger partial charge in [-0.2, -0.15) is 0 Å². The first-order chi connectivity index (χ1) is 14.1. The molecule has 0 aromatic heterocycles. The van der Waals surface area contributed by atoms with Crippen LogP contribution in [0.5, 0.6) is 5.75 Å². The molecule has 0 spiro atoms. The molecular formula is C22H24FN3O3. The molecule has 2 saturated heterocycles. The van der Waals surface area contributed by atoms with E-state index in [9.17, 15) is 14.0 Å². The Morgan fingerprint density at radius 1 is 1.07 bits per heavy atom. The Kier molecular flexibility index (Phi) is 5.38. The van der Waals surface area contributed by atoms with Crippen LogP contribution in [0.4, 0.5) is 15.8 Å². The van der Waals surface area contributed by atoms with Crippen LogP contribution in [0.1, 0.15) is 6.42 Å². The van der Waals surface area contributed by atoms with Crippen molar-refractivity contribution in [1.29, 1.82) is 0 Å². The lowest BCUT2D eigenvalue weighted by molar-refractivity contribution is -0.136. The van der Waals surface area contributed by atoms with Crippen molar-refractivity contribution >= 4 is 23.2 Å². The number of hydrogen-bond donors (Lipinski definition) is 0. The summed E-state index contributed by atoms with van der Waals surface area (Å²) >= 11 is 0. The molecule has 2 aliphatic rings. The van der Waals surface area contributed by atoms with Crippen LogP contribution in [-0.4, -0.2) is 56.5 Å². The minimum atomic E-state index is -0.391. The fourth-order valence-electron chi connectivity index (χ4n) is 4.08. The molecule has 1 atom stereocenters. The number of amides is 2. The second-order valence-electron chi connectivity index (χ2n) is 7.37. The summed E-state index contributed by atoms with van der Waals surface area (Å²) in [5, 5.41) is 0. The molecule has 2 aromatic rings. The normalized spacial score (nSPS) is 19.6. The summed E-state index contributed by atoms with van der Waals surface area (Å²) in [7, 11) is 1.65. The number of carbonyl (C=O) groups excluding carboxylic acids is 2. The molecule has 4 rings (SSSR count). The van der Waals surface area contributed by atoms with Crippen LogP contribution in [0.15, 0.2) is 48.5 Å². The third-order valence-electron chi connectivity index (χ3n) is 5.61. The highest BCUT2D eigenvalue weighted by Crippen LogP contribution is 2.30. The topological polar surface area (TPSA) is 53.1 Å². The molecule has 7 heteroatoms. The van der Waals surface area contributed by atoms with Crippen molar-refractivity contribution in [2.75, 3.05) is 49.6 Å². The molecule has 152 valence electrons. The summed E-state index contributed by atoms with van der Waals surface area (Å²) in [6, 6.07) is 13.8. The Bertz CT molecular complexity index is 912. The smallest absolute Gasteiger partial charge is 0.228 e. The Balaban J connectivity index is 1.38. The van der Waals surface area contributed by atoms with Gasteiger partial charge in [0.15, 0.2) is 0 Å². The average molecular weight is 397 g/mol. The Morgan fingerprint density at radius 3 is 2.55 bits per heavy atom. The van der Waals surface area contributed by atoms with Gasteiger partial charge < -0.3 is 19.4 Å². The van der Waals surface area contributed by atoms with Gasteiger partial charge in [-0.25, -0.2) is 4.39 Å². The minimum Gasteiger partial charge on any atom is -0.495 e. The highest BCUT2D eigenvalue weighted by molar-refractivity contribution is 6.00. The summed E-state index contributed by atoms with van der Waals surface area (Å²) in [6.07, 6.45) is 0.169. The number of piperazine rings is 1. The molecule has 0 bridgehead atoms. The zero-order chi connectivity index (χ0) is 20.4. The average Bonchev–Trinajstić information content (AvgIpc) is 3.15. The molecule has 0 saturated carbocycles. The second-order valence-corrected chi connectivity index (χ2v) is 7.37. The largest absolute Gasteiger partial charge is 0.495 e. The summed E-state index contributed by atoms with van der Waals surface area (Å²) in [5.41, 5.74) is 1.53. The van der Waals surface area contributed by atoms with Crippen LogP contribution < -0.4 is 14.5 Å². The van der Waals surface area contributed by atoms with Gasteiger partial charge in [0.05, 0.1) is 18.7 Å². The van der Waals surface area contributed by atoms with E-state index >= 15 is 0 Å². The maximum Gasteiger partial charge on any atom is 0.228 e. The standard InChI is InChI=1S/C22H24FN3O3/c1-29-20-8-3-2-7-19(20)24-9-11-25(12-10-24)22(28)16-13-21(27)26(15-16)18-6-4-5-17(23)14-18/h2-8,14,16H,9-13,15H2,1H3. The third-order valence-corrected chi connectivity index (χ3v) is 5.61. The molecule has 6 nitrogen and oxygen atoms in total. The highest BCUT2D eigenvalue weighted by Gasteiger charge is 2.38. The van der Waals surface area contributed by atoms with E-state index in [1.165, 1.54) is 17.0 Å². The van der Waals surface area contributed by atoms with Crippen molar-refractivity contribution in [2.45, 2.75) is 6.42 Å². The van der Waals surface area contributed by atoms with Crippen LogP contribution in [-0.2, 0) is 9.59 Å². The maximum absolute atomic E-state index is 13.5. The Labute approximate surface area is 169 Å². The maximum atomic E-state index is 13.5. The van der Waals surface area contributed by atoms with Gasteiger partial charge in [-0.1, -0.05) is 18.2 Å². The van der Waals surface area contributed by atoms with Gasteiger partial charge in [0.1, 0.15) is 11.6 Å². The van der Waals surface area contributed by atoms with Crippen LogP contribution in [0.2, 0.25) is 0 Å². The lowest BCUT2D eigenvalue weighted by Gasteiger charge is -2.37. The Hall–Kier alpha value is -3.09. The number of rotatable bonds is 4. The first-order valence-electron chi connectivity index (χ1n) is 9.79. The van der Waals surface area contributed by atoms with E-state index in [0.29, 0.717) is 38.4 Å². The first-order valence-corrected chi connectivity index (χ1v) is 9.79. The second kappa shape index (κ2) is 8.11. The molecule has 2 aliphatic heterocycles. The van der Waals surface area contributed by atoms with Gasteiger partial charge in [0.2, 0.25) is 11.8 Å². The molecule has 2 heterocycles. The van der Waals surface area contributed by atoms with Crippen molar-refractivity contribution in [3.8, 4) is 5.75 Å². The monoisotopic (exact) mass is 397 g/mol. The molecule has 2 amide bonds.